The fraction of sp³-hybridized carbons (Fsp3) is 0.333. The van der Waals surface area contributed by atoms with E-state index in [1.165, 1.54) is 0 Å². The number of nitro benzene ring substituents is 1. The number of rotatable bonds is 5. The Balaban J connectivity index is 3.04. The first-order valence-corrected chi connectivity index (χ1v) is 8.38. The molecule has 0 atom stereocenters. The van der Waals surface area contributed by atoms with Crippen LogP contribution in [0.15, 0.2) is 23.1 Å². The Morgan fingerprint density at radius 2 is 1.95 bits per heavy atom. The van der Waals surface area contributed by atoms with Crippen molar-refractivity contribution < 1.29 is 26.5 Å². The van der Waals surface area contributed by atoms with Gasteiger partial charge in [-0.25, -0.2) is 8.42 Å². The van der Waals surface area contributed by atoms with Crippen molar-refractivity contribution in [3.63, 3.8) is 0 Å². The molecule has 1 aromatic rings. The highest BCUT2D eigenvalue weighted by molar-refractivity contribution is 8.14. The zero-order valence-electron chi connectivity index (χ0n) is 9.55. The molecule has 0 aromatic heterocycles. The Labute approximate surface area is 120 Å². The summed E-state index contributed by atoms with van der Waals surface area (Å²) >= 11 is 0.615. The van der Waals surface area contributed by atoms with E-state index in [1.54, 1.807) is 0 Å². The largest absolute Gasteiger partial charge is 0.417 e. The van der Waals surface area contributed by atoms with Crippen LogP contribution in [0, 0.1) is 10.1 Å². The quantitative estimate of drug-likeness (QED) is 0.353. The fourth-order valence-electron chi connectivity index (χ4n) is 1.23. The number of thioether (sulfide) groups is 1. The van der Waals surface area contributed by atoms with Crippen molar-refractivity contribution in [2.75, 3.05) is 11.5 Å². The van der Waals surface area contributed by atoms with Crippen molar-refractivity contribution in [3.8, 4) is 0 Å². The van der Waals surface area contributed by atoms with E-state index in [9.17, 15) is 31.7 Å². The molecular formula is C9H7ClF3NO4S2. The standard InChI is InChI=1S/C9H7ClF3NO4S2/c10-20(17,18)4-3-19-8-2-1-6(14(15)16)5-7(8)9(11,12)13/h1-2,5H,3-4H2. The van der Waals surface area contributed by atoms with Crippen molar-refractivity contribution in [1.29, 1.82) is 0 Å². The SMILES string of the molecule is O=[N+]([O-])c1ccc(SCCS(=O)(=O)Cl)c(C(F)(F)F)c1. The van der Waals surface area contributed by atoms with Crippen molar-refractivity contribution in [2.24, 2.45) is 0 Å². The molecule has 0 aliphatic carbocycles. The lowest BCUT2D eigenvalue weighted by molar-refractivity contribution is -0.385. The molecule has 0 aliphatic heterocycles. The Kier molecular flexibility index (Phi) is 5.27. The van der Waals surface area contributed by atoms with Crippen LogP contribution in [-0.2, 0) is 15.2 Å². The molecule has 0 N–H and O–H groups in total. The van der Waals surface area contributed by atoms with Gasteiger partial charge in [0.1, 0.15) is 0 Å². The molecule has 0 unspecified atom stereocenters. The Hall–Kier alpha value is -1.00. The second-order valence-corrected chi connectivity index (χ2v) is 7.56. The maximum absolute atomic E-state index is 12.8. The second kappa shape index (κ2) is 6.19. The van der Waals surface area contributed by atoms with E-state index in [2.05, 4.69) is 0 Å². The number of hydrogen-bond acceptors (Lipinski definition) is 5. The number of nitro groups is 1. The van der Waals surface area contributed by atoms with Gasteiger partial charge in [-0.3, -0.25) is 10.1 Å². The molecule has 0 saturated carbocycles. The molecule has 0 fully saturated rings. The van der Waals surface area contributed by atoms with Gasteiger partial charge in [-0.1, -0.05) is 0 Å². The van der Waals surface area contributed by atoms with Crippen LogP contribution >= 0.6 is 22.4 Å². The van der Waals surface area contributed by atoms with Gasteiger partial charge in [0.25, 0.3) is 5.69 Å². The summed E-state index contributed by atoms with van der Waals surface area (Å²) in [5.41, 5.74) is -1.87. The van der Waals surface area contributed by atoms with Crippen LogP contribution in [0.25, 0.3) is 0 Å². The molecule has 0 aliphatic rings. The van der Waals surface area contributed by atoms with Crippen molar-refractivity contribution in [3.05, 3.63) is 33.9 Å². The second-order valence-electron chi connectivity index (χ2n) is 3.53. The summed E-state index contributed by atoms with van der Waals surface area (Å²) < 4.78 is 59.7. The minimum absolute atomic E-state index is 0.188. The number of non-ortho nitro benzene ring substituents is 1. The van der Waals surface area contributed by atoms with E-state index in [4.69, 9.17) is 10.7 Å². The first-order chi connectivity index (χ1) is 9.00. The molecule has 0 saturated heterocycles. The maximum Gasteiger partial charge on any atom is 0.417 e. The number of nitrogens with zero attached hydrogens (tertiary/aromatic N) is 1. The first-order valence-electron chi connectivity index (χ1n) is 4.91. The lowest BCUT2D eigenvalue weighted by atomic mass is 10.2. The van der Waals surface area contributed by atoms with Gasteiger partial charge in [-0.05, 0) is 6.07 Å². The van der Waals surface area contributed by atoms with Gasteiger partial charge in [-0.15, -0.1) is 11.8 Å². The van der Waals surface area contributed by atoms with E-state index in [0.29, 0.717) is 17.8 Å². The summed E-state index contributed by atoms with van der Waals surface area (Å²) in [5, 5.41) is 10.5. The topological polar surface area (TPSA) is 77.3 Å². The summed E-state index contributed by atoms with van der Waals surface area (Å²) in [7, 11) is 1.14. The average Bonchev–Trinajstić information content (AvgIpc) is 2.25. The summed E-state index contributed by atoms with van der Waals surface area (Å²) in [4.78, 5) is 9.25. The third kappa shape index (κ3) is 5.17. The Morgan fingerprint density at radius 3 is 2.40 bits per heavy atom. The van der Waals surface area contributed by atoms with Crippen molar-refractivity contribution in [1.82, 2.24) is 0 Å². The normalized spacial score (nSPS) is 12.4. The van der Waals surface area contributed by atoms with Gasteiger partial charge in [0.05, 0.1) is 16.2 Å². The third-order valence-corrected chi connectivity index (χ3v) is 4.55. The highest BCUT2D eigenvalue weighted by atomic mass is 35.7. The van der Waals surface area contributed by atoms with Gasteiger partial charge >= 0.3 is 6.18 Å². The number of benzene rings is 1. The number of halogens is 4. The van der Waals surface area contributed by atoms with Gasteiger partial charge in [0, 0.05) is 33.5 Å². The van der Waals surface area contributed by atoms with Crippen LogP contribution in [0.2, 0.25) is 0 Å². The highest BCUT2D eigenvalue weighted by Crippen LogP contribution is 2.38. The summed E-state index contributed by atoms with van der Waals surface area (Å²) in [5.74, 6) is -0.694. The molecule has 0 radical (unpaired) electrons. The Morgan fingerprint density at radius 1 is 1.35 bits per heavy atom. The van der Waals surface area contributed by atoms with Crippen LogP contribution in [-0.4, -0.2) is 24.8 Å². The van der Waals surface area contributed by atoms with Gasteiger partial charge in [-0.2, -0.15) is 13.2 Å². The molecule has 20 heavy (non-hydrogen) atoms. The molecule has 5 nitrogen and oxygen atoms in total. The summed E-state index contributed by atoms with van der Waals surface area (Å²) in [6.45, 7) is 0. The monoisotopic (exact) mass is 349 g/mol. The molecule has 0 heterocycles. The predicted octanol–water partition coefficient (Wildman–Crippen LogP) is 3.27. The highest BCUT2D eigenvalue weighted by Gasteiger charge is 2.35. The lowest BCUT2D eigenvalue weighted by Gasteiger charge is -2.11. The van der Waals surface area contributed by atoms with Crippen LogP contribution < -0.4 is 0 Å². The third-order valence-electron chi connectivity index (χ3n) is 2.06. The average molecular weight is 350 g/mol. The van der Waals surface area contributed by atoms with Crippen LogP contribution in [0.1, 0.15) is 5.56 Å². The summed E-state index contributed by atoms with van der Waals surface area (Å²) in [6.07, 6.45) is -4.77. The molecule has 1 aromatic carbocycles. The number of hydrogen-bond donors (Lipinski definition) is 0. The predicted molar refractivity (Wildman–Crippen MR) is 68.5 cm³/mol. The fourth-order valence-corrected chi connectivity index (χ4v) is 3.64. The minimum Gasteiger partial charge on any atom is -0.258 e. The van der Waals surface area contributed by atoms with Crippen molar-refractivity contribution in [2.45, 2.75) is 11.1 Å². The first kappa shape index (κ1) is 17.1. The van der Waals surface area contributed by atoms with E-state index >= 15 is 0 Å². The zero-order chi connectivity index (χ0) is 15.6. The van der Waals surface area contributed by atoms with Crippen LogP contribution in [0.4, 0.5) is 18.9 Å². The summed E-state index contributed by atoms with van der Waals surface area (Å²) in [6, 6.07) is 2.27. The lowest BCUT2D eigenvalue weighted by Crippen LogP contribution is -2.08. The zero-order valence-corrected chi connectivity index (χ0v) is 11.9. The van der Waals surface area contributed by atoms with Gasteiger partial charge in [0.15, 0.2) is 0 Å². The van der Waals surface area contributed by atoms with Crippen LogP contribution in [0.3, 0.4) is 0 Å². The van der Waals surface area contributed by atoms with Gasteiger partial charge in [0.2, 0.25) is 9.05 Å². The molecule has 11 heteroatoms. The van der Waals surface area contributed by atoms with E-state index < -0.39 is 37.2 Å². The maximum atomic E-state index is 12.8. The molecule has 0 bridgehead atoms. The van der Waals surface area contributed by atoms with E-state index in [1.807, 2.05) is 0 Å². The van der Waals surface area contributed by atoms with E-state index in [0.717, 1.165) is 12.1 Å². The van der Waals surface area contributed by atoms with Crippen molar-refractivity contribution >= 4 is 37.2 Å². The molecule has 112 valence electrons. The molecule has 0 spiro atoms. The number of alkyl halides is 3. The molecule has 1 rings (SSSR count). The minimum atomic E-state index is -4.77. The Bertz CT molecular complexity index is 618. The molecular weight excluding hydrogens is 343 g/mol. The molecule has 0 amide bonds. The smallest absolute Gasteiger partial charge is 0.258 e. The van der Waals surface area contributed by atoms with E-state index in [-0.39, 0.29) is 10.6 Å². The van der Waals surface area contributed by atoms with Gasteiger partial charge < -0.3 is 0 Å². The van der Waals surface area contributed by atoms with Crippen LogP contribution in [0.5, 0.6) is 0 Å².